The molecule has 0 fully saturated rings. The average molecular weight is 995 g/mol. The third kappa shape index (κ3) is 41.1. The summed E-state index contributed by atoms with van der Waals surface area (Å²) < 4.78 is 32.8. The fourth-order valence-corrected chi connectivity index (χ4v) is 7.74. The van der Waals surface area contributed by atoms with Crippen LogP contribution in [0.2, 0.25) is 0 Å². The Bertz CT molecular complexity index is 1640. The average Bonchev–Trinajstić information content (AvgIpc) is 3.30. The Morgan fingerprint density at radius 2 is 1.15 bits per heavy atom. The second-order valence-electron chi connectivity index (χ2n) is 16.1. The van der Waals surface area contributed by atoms with E-state index in [0.717, 1.165) is 57.8 Å². The number of carbonyl (C=O) groups is 4. The number of hydrogen-bond donors (Lipinski definition) is 6. The van der Waals surface area contributed by atoms with Gasteiger partial charge >= 0.3 is 31.7 Å². The highest BCUT2D eigenvalue weighted by molar-refractivity contribution is 8.00. The second-order valence-corrected chi connectivity index (χ2v) is 18.8. The first-order valence-electron chi connectivity index (χ1n) is 24.2. The molecule has 0 saturated heterocycles. The van der Waals surface area contributed by atoms with Gasteiger partial charge in [-0.2, -0.15) is 0 Å². The van der Waals surface area contributed by atoms with Crippen LogP contribution >= 0.6 is 19.6 Å². The SMILES string of the molecule is CCCCC/C=C\C\C=C/C=C/C=C/[C@@H](SC[C@H](N)C(=O)OC[C@H](COP(=O)(O)OC[C@H](N)C(=O)O)OC(=O)CCCCC/C=C\C/C=C\C/C=C\C/C=C\CCCCC)[C@@H](O)CCCC(=O)O. The molecule has 15 nitrogen and oxygen atoms in total. The van der Waals surface area contributed by atoms with Crippen LogP contribution < -0.4 is 11.5 Å². The van der Waals surface area contributed by atoms with E-state index in [1.807, 2.05) is 18.2 Å². The number of phosphoric ester groups is 1. The highest BCUT2D eigenvalue weighted by Crippen LogP contribution is 2.43. The maximum Gasteiger partial charge on any atom is 0.472 e. The molecule has 386 valence electrons. The van der Waals surface area contributed by atoms with E-state index in [2.05, 4.69) is 79.1 Å². The highest BCUT2D eigenvalue weighted by Gasteiger charge is 2.29. The number of carboxylic acids is 2. The van der Waals surface area contributed by atoms with E-state index in [0.29, 0.717) is 6.42 Å². The number of aliphatic carboxylic acids is 2. The molecule has 68 heavy (non-hydrogen) atoms. The van der Waals surface area contributed by atoms with Crippen LogP contribution in [-0.4, -0.2) is 99.2 Å². The van der Waals surface area contributed by atoms with Gasteiger partial charge in [0.05, 0.1) is 19.3 Å². The lowest BCUT2D eigenvalue weighted by molar-refractivity contribution is -0.161. The van der Waals surface area contributed by atoms with Gasteiger partial charge in [-0.3, -0.25) is 28.2 Å². The van der Waals surface area contributed by atoms with Crippen molar-refractivity contribution in [3.8, 4) is 0 Å². The van der Waals surface area contributed by atoms with Crippen LogP contribution in [0.5, 0.6) is 0 Å². The number of carbonyl (C=O) groups excluding carboxylic acids is 2. The van der Waals surface area contributed by atoms with Gasteiger partial charge in [-0.15, -0.1) is 11.8 Å². The van der Waals surface area contributed by atoms with E-state index in [-0.39, 0.29) is 31.4 Å². The molecule has 0 bridgehead atoms. The van der Waals surface area contributed by atoms with Crippen LogP contribution in [0, 0.1) is 0 Å². The molecule has 0 rings (SSSR count). The van der Waals surface area contributed by atoms with Crippen LogP contribution in [0.4, 0.5) is 0 Å². The molecule has 0 heterocycles. The van der Waals surface area contributed by atoms with Crippen molar-refractivity contribution in [3.05, 3.63) is 97.2 Å². The number of allylic oxidation sites excluding steroid dienone is 15. The Balaban J connectivity index is 5.23. The summed E-state index contributed by atoms with van der Waals surface area (Å²) in [5.41, 5.74) is 11.5. The van der Waals surface area contributed by atoms with Crippen LogP contribution in [0.3, 0.4) is 0 Å². The first kappa shape index (κ1) is 64.1. The van der Waals surface area contributed by atoms with Crippen molar-refractivity contribution in [2.24, 2.45) is 11.5 Å². The molecule has 0 aromatic carbocycles. The zero-order valence-corrected chi connectivity index (χ0v) is 42.3. The number of thioether (sulfide) groups is 1. The number of aliphatic hydroxyl groups is 1. The molecule has 6 atom stereocenters. The molecule has 0 aliphatic rings. The summed E-state index contributed by atoms with van der Waals surface area (Å²) in [6, 6.07) is -2.81. The number of ether oxygens (including phenoxy) is 2. The minimum atomic E-state index is -4.87. The van der Waals surface area contributed by atoms with Crippen molar-refractivity contribution in [1.29, 1.82) is 0 Å². The maximum atomic E-state index is 13.0. The largest absolute Gasteiger partial charge is 0.481 e. The van der Waals surface area contributed by atoms with E-state index in [4.69, 9.17) is 35.7 Å². The van der Waals surface area contributed by atoms with Crippen molar-refractivity contribution in [2.75, 3.05) is 25.6 Å². The number of aliphatic hydroxyl groups excluding tert-OH is 1. The number of esters is 2. The predicted molar refractivity (Wildman–Crippen MR) is 273 cm³/mol. The summed E-state index contributed by atoms with van der Waals surface area (Å²) in [6.07, 6.45) is 46.6. The smallest absolute Gasteiger partial charge is 0.472 e. The summed E-state index contributed by atoms with van der Waals surface area (Å²) in [5.74, 6) is -4.02. The number of phosphoric acid groups is 1. The van der Waals surface area contributed by atoms with Crippen molar-refractivity contribution >= 4 is 43.5 Å². The number of nitrogens with two attached hydrogens (primary N) is 2. The van der Waals surface area contributed by atoms with Gasteiger partial charge in [0.2, 0.25) is 0 Å². The van der Waals surface area contributed by atoms with E-state index in [9.17, 15) is 33.7 Å². The molecule has 0 aromatic rings. The van der Waals surface area contributed by atoms with E-state index in [1.165, 1.54) is 50.3 Å². The number of rotatable bonds is 44. The molecular formula is C51H83N2O13PS. The lowest BCUT2D eigenvalue weighted by Crippen LogP contribution is -2.38. The third-order valence-electron chi connectivity index (χ3n) is 9.80. The minimum Gasteiger partial charge on any atom is -0.481 e. The molecule has 17 heteroatoms. The fourth-order valence-electron chi connectivity index (χ4n) is 5.84. The quantitative estimate of drug-likeness (QED) is 0.0109. The number of carboxylic acid groups (broad SMARTS) is 2. The van der Waals surface area contributed by atoms with Crippen LogP contribution in [-0.2, 0) is 42.3 Å². The first-order valence-corrected chi connectivity index (χ1v) is 26.7. The lowest BCUT2D eigenvalue weighted by Gasteiger charge is -2.22. The Hall–Kier alpha value is -3.86. The van der Waals surface area contributed by atoms with Crippen molar-refractivity contribution in [3.63, 3.8) is 0 Å². The zero-order valence-electron chi connectivity index (χ0n) is 40.6. The molecule has 0 amide bonds. The van der Waals surface area contributed by atoms with Crippen molar-refractivity contribution in [2.45, 2.75) is 172 Å². The molecular weight excluding hydrogens is 912 g/mol. The normalized spacial score (nSPS) is 15.7. The Morgan fingerprint density at radius 1 is 0.618 bits per heavy atom. The topological polar surface area (TPSA) is 255 Å². The Morgan fingerprint density at radius 3 is 1.71 bits per heavy atom. The molecule has 0 saturated carbocycles. The molecule has 0 aromatic heterocycles. The number of hydrogen-bond acceptors (Lipinski definition) is 13. The molecule has 1 unspecified atom stereocenters. The molecule has 0 aliphatic carbocycles. The van der Waals surface area contributed by atoms with Crippen LogP contribution in [0.15, 0.2) is 97.2 Å². The predicted octanol–water partition coefficient (Wildman–Crippen LogP) is 10.2. The van der Waals surface area contributed by atoms with Gasteiger partial charge < -0.3 is 41.2 Å². The van der Waals surface area contributed by atoms with Crippen LogP contribution in [0.1, 0.15) is 142 Å². The standard InChI is InChI=1S/C51H83N2O13PS/c1-3-5-7-9-11-13-15-17-18-19-20-21-22-23-25-27-29-31-33-38-49(57)66-43(40-64-67(61,62)65-41-44(52)50(58)59)39-63-51(60)45(53)42-68-47(46(54)35-34-37-48(55)56)36-32-30-28-26-24-16-14-12-10-8-6-4-2/h11-14,17-18,20-21,23-26,28,30,32,36,43-47,54H,3-10,15-16,19,22,27,29,31,33-35,37-42,52-53H2,1-2H3,(H,55,56)(H,58,59)(H,61,62)/b13-11-,14-12-,18-17-,21-20-,25-23-,26-24-,30-28+,36-32+/t43-,44+,45+,46+,47-/m1/s1. The summed E-state index contributed by atoms with van der Waals surface area (Å²) in [4.78, 5) is 58.0. The third-order valence-corrected chi connectivity index (χ3v) is 12.2. The summed E-state index contributed by atoms with van der Waals surface area (Å²) >= 11 is 1.17. The number of unbranched alkanes of at least 4 members (excludes halogenated alkanes) is 9. The molecule has 0 radical (unpaired) electrons. The summed E-state index contributed by atoms with van der Waals surface area (Å²) in [7, 11) is -4.87. The molecule has 0 spiro atoms. The molecule has 0 aliphatic heterocycles. The highest BCUT2D eigenvalue weighted by atomic mass is 32.2. The van der Waals surface area contributed by atoms with Gasteiger partial charge in [0.1, 0.15) is 18.7 Å². The van der Waals surface area contributed by atoms with Crippen LogP contribution in [0.25, 0.3) is 0 Å². The van der Waals surface area contributed by atoms with Crippen molar-refractivity contribution in [1.82, 2.24) is 0 Å². The lowest BCUT2D eigenvalue weighted by atomic mass is 10.1. The Labute approximate surface area is 410 Å². The van der Waals surface area contributed by atoms with Gasteiger partial charge in [-0.25, -0.2) is 4.57 Å². The minimum absolute atomic E-state index is 0.0104. The van der Waals surface area contributed by atoms with E-state index < -0.39 is 81.1 Å². The fraction of sp³-hybridized carbons (Fsp3) is 0.608. The maximum absolute atomic E-state index is 13.0. The molecule has 8 N–H and O–H groups in total. The van der Waals surface area contributed by atoms with Gasteiger partial charge in [-0.1, -0.05) is 143 Å². The second kappa shape index (κ2) is 44.4. The monoisotopic (exact) mass is 995 g/mol. The van der Waals surface area contributed by atoms with Gasteiger partial charge in [0.15, 0.2) is 6.10 Å². The zero-order chi connectivity index (χ0) is 50.5. The van der Waals surface area contributed by atoms with E-state index in [1.54, 1.807) is 18.2 Å². The van der Waals surface area contributed by atoms with Gasteiger partial charge in [0, 0.05) is 23.8 Å². The first-order chi connectivity index (χ1) is 32.7. The van der Waals surface area contributed by atoms with Crippen molar-refractivity contribution < 1.29 is 62.5 Å². The van der Waals surface area contributed by atoms with Gasteiger partial charge in [0.25, 0.3) is 0 Å². The Kier molecular flexibility index (Phi) is 41.8. The summed E-state index contributed by atoms with van der Waals surface area (Å²) in [6.45, 7) is 2.19. The van der Waals surface area contributed by atoms with E-state index >= 15 is 0 Å². The summed E-state index contributed by atoms with van der Waals surface area (Å²) in [5, 5.41) is 28.4. The van der Waals surface area contributed by atoms with Gasteiger partial charge in [-0.05, 0) is 83.5 Å².